The number of nitrogens with zero attached hydrogens (tertiary/aromatic N) is 2. The molecule has 1 aromatic carbocycles. The van der Waals surface area contributed by atoms with E-state index in [0.717, 1.165) is 36.3 Å². The van der Waals surface area contributed by atoms with Crippen molar-refractivity contribution in [2.75, 3.05) is 43.1 Å². The van der Waals surface area contributed by atoms with Crippen molar-refractivity contribution in [1.82, 2.24) is 10.2 Å². The molecule has 2 heterocycles. The van der Waals surface area contributed by atoms with E-state index in [1.54, 1.807) is 0 Å². The summed E-state index contributed by atoms with van der Waals surface area (Å²) in [4.78, 5) is 41.1. The number of carbonyl (C=O) groups excluding carboxylic acids is 3. The fraction of sp³-hybridized carbons (Fsp3) is 0.591. The van der Waals surface area contributed by atoms with E-state index < -0.39 is 41.7 Å². The second kappa shape index (κ2) is 8.85. The molecule has 2 atom stereocenters. The highest BCUT2D eigenvalue weighted by Gasteiger charge is 2.55. The Morgan fingerprint density at radius 3 is 2.64 bits per heavy atom. The fourth-order valence-corrected chi connectivity index (χ4v) is 4.86. The van der Waals surface area contributed by atoms with Crippen LogP contribution in [0.4, 0.5) is 29.3 Å². The molecule has 1 saturated carbocycles. The molecule has 2 unspecified atom stereocenters. The van der Waals surface area contributed by atoms with Crippen LogP contribution in [0.1, 0.15) is 38.2 Å². The Bertz CT molecular complexity index is 948. The van der Waals surface area contributed by atoms with E-state index in [4.69, 9.17) is 4.74 Å². The number of rotatable bonds is 4. The molecule has 0 aromatic heterocycles. The molecular formula is C22H27F3N4O4. The molecule has 33 heavy (non-hydrogen) atoms. The van der Waals surface area contributed by atoms with Crippen LogP contribution in [0.2, 0.25) is 0 Å². The second-order valence-corrected chi connectivity index (χ2v) is 8.82. The first kappa shape index (κ1) is 23.3. The topological polar surface area (TPSA) is 91.0 Å². The summed E-state index contributed by atoms with van der Waals surface area (Å²) in [7, 11) is 0. The summed E-state index contributed by atoms with van der Waals surface area (Å²) < 4.78 is 45.2. The summed E-state index contributed by atoms with van der Waals surface area (Å²) in [5, 5.41) is 5.26. The molecule has 3 fully saturated rings. The molecule has 8 nitrogen and oxygen atoms in total. The molecule has 1 aromatic rings. The second-order valence-electron chi connectivity index (χ2n) is 8.82. The van der Waals surface area contributed by atoms with Crippen LogP contribution in [0.3, 0.4) is 0 Å². The van der Waals surface area contributed by atoms with Gasteiger partial charge in [0, 0.05) is 13.1 Å². The standard InChI is InChI=1S/C22H27F3N4O4/c1-14-4-2-3-7-21(14)19(31)29(20(32)27-21)13-18(30)26-16-12-15(22(23,24)25)5-6-17(16)28-8-10-33-11-9-28/h5-6,12,14H,2-4,7-11,13H2,1H3,(H,26,30)(H,27,32). The van der Waals surface area contributed by atoms with Crippen LogP contribution in [0.25, 0.3) is 0 Å². The third kappa shape index (κ3) is 4.50. The summed E-state index contributed by atoms with van der Waals surface area (Å²) in [5.74, 6) is -1.26. The van der Waals surface area contributed by atoms with E-state index in [0.29, 0.717) is 38.4 Å². The molecule has 4 rings (SSSR count). The number of alkyl halides is 3. The average Bonchev–Trinajstić information content (AvgIpc) is 3.00. The smallest absolute Gasteiger partial charge is 0.378 e. The van der Waals surface area contributed by atoms with Gasteiger partial charge in [0.15, 0.2) is 0 Å². The van der Waals surface area contributed by atoms with Gasteiger partial charge in [0.1, 0.15) is 12.1 Å². The summed E-state index contributed by atoms with van der Waals surface area (Å²) in [6, 6.07) is 2.50. The Morgan fingerprint density at radius 2 is 1.97 bits per heavy atom. The third-order valence-corrected chi connectivity index (χ3v) is 6.75. The lowest BCUT2D eigenvalue weighted by Gasteiger charge is -2.36. The fourth-order valence-electron chi connectivity index (χ4n) is 4.86. The molecule has 2 N–H and O–H groups in total. The summed E-state index contributed by atoms with van der Waals surface area (Å²) in [6.07, 6.45) is -1.53. The number of ether oxygens (including phenoxy) is 1. The van der Waals surface area contributed by atoms with Crippen molar-refractivity contribution < 1.29 is 32.3 Å². The lowest BCUT2D eigenvalue weighted by atomic mass is 9.73. The maximum Gasteiger partial charge on any atom is 0.416 e. The minimum Gasteiger partial charge on any atom is -0.378 e. The van der Waals surface area contributed by atoms with Gasteiger partial charge in [-0.3, -0.25) is 14.5 Å². The van der Waals surface area contributed by atoms with E-state index in [9.17, 15) is 27.6 Å². The van der Waals surface area contributed by atoms with Crippen molar-refractivity contribution in [2.24, 2.45) is 5.92 Å². The van der Waals surface area contributed by atoms with Crippen molar-refractivity contribution in [3.8, 4) is 0 Å². The molecule has 11 heteroatoms. The van der Waals surface area contributed by atoms with Crippen LogP contribution >= 0.6 is 0 Å². The number of halogens is 3. The quantitative estimate of drug-likeness (QED) is 0.663. The molecular weight excluding hydrogens is 441 g/mol. The third-order valence-electron chi connectivity index (χ3n) is 6.75. The zero-order valence-electron chi connectivity index (χ0n) is 18.3. The number of anilines is 2. The number of hydrogen-bond acceptors (Lipinski definition) is 5. The zero-order chi connectivity index (χ0) is 23.8. The number of hydrogen-bond donors (Lipinski definition) is 2. The Kier molecular flexibility index (Phi) is 6.26. The van der Waals surface area contributed by atoms with Crippen LogP contribution in [0.5, 0.6) is 0 Å². The van der Waals surface area contributed by atoms with Gasteiger partial charge in [-0.25, -0.2) is 4.79 Å². The summed E-state index contributed by atoms with van der Waals surface area (Å²) >= 11 is 0. The highest BCUT2D eigenvalue weighted by Crippen LogP contribution is 2.39. The van der Waals surface area contributed by atoms with Crippen molar-refractivity contribution in [2.45, 2.75) is 44.3 Å². The normalized spacial score (nSPS) is 26.0. The lowest BCUT2D eigenvalue weighted by Crippen LogP contribution is -2.54. The maximum absolute atomic E-state index is 13.3. The van der Waals surface area contributed by atoms with Gasteiger partial charge in [0.05, 0.1) is 30.2 Å². The number of benzene rings is 1. The highest BCUT2D eigenvalue weighted by atomic mass is 19.4. The Morgan fingerprint density at radius 1 is 1.24 bits per heavy atom. The summed E-state index contributed by atoms with van der Waals surface area (Å²) in [5.41, 5.74) is -1.51. The Hall–Kier alpha value is -2.82. The van der Waals surface area contributed by atoms with Crippen LogP contribution in [0, 0.1) is 5.92 Å². The first-order valence-corrected chi connectivity index (χ1v) is 11.1. The number of carbonyl (C=O) groups is 3. The number of urea groups is 1. The van der Waals surface area contributed by atoms with E-state index in [-0.39, 0.29) is 11.6 Å². The molecule has 180 valence electrons. The largest absolute Gasteiger partial charge is 0.416 e. The molecule has 0 radical (unpaired) electrons. The number of nitrogens with one attached hydrogen (secondary N) is 2. The van der Waals surface area contributed by atoms with Gasteiger partial charge in [-0.05, 0) is 37.0 Å². The first-order valence-electron chi connectivity index (χ1n) is 11.1. The van der Waals surface area contributed by atoms with Crippen molar-refractivity contribution in [3.05, 3.63) is 23.8 Å². The number of morpholine rings is 1. The van der Waals surface area contributed by atoms with E-state index in [2.05, 4.69) is 10.6 Å². The molecule has 3 aliphatic rings. The maximum atomic E-state index is 13.3. The van der Waals surface area contributed by atoms with Gasteiger partial charge in [0.2, 0.25) is 5.91 Å². The van der Waals surface area contributed by atoms with Gasteiger partial charge in [-0.2, -0.15) is 13.2 Å². The van der Waals surface area contributed by atoms with Crippen LogP contribution in [0.15, 0.2) is 18.2 Å². The van der Waals surface area contributed by atoms with Gasteiger partial charge >= 0.3 is 12.2 Å². The van der Waals surface area contributed by atoms with Gasteiger partial charge < -0.3 is 20.3 Å². The highest BCUT2D eigenvalue weighted by molar-refractivity contribution is 6.10. The zero-order valence-corrected chi connectivity index (χ0v) is 18.3. The monoisotopic (exact) mass is 468 g/mol. The van der Waals surface area contributed by atoms with E-state index in [1.165, 1.54) is 6.07 Å². The predicted octanol–water partition coefficient (Wildman–Crippen LogP) is 2.98. The van der Waals surface area contributed by atoms with Crippen molar-refractivity contribution >= 4 is 29.2 Å². The van der Waals surface area contributed by atoms with Gasteiger partial charge in [-0.15, -0.1) is 0 Å². The molecule has 1 spiro atoms. The number of amides is 4. The molecule has 0 bridgehead atoms. The molecule has 2 aliphatic heterocycles. The first-order chi connectivity index (χ1) is 15.6. The van der Waals surface area contributed by atoms with E-state index >= 15 is 0 Å². The van der Waals surface area contributed by atoms with Crippen LogP contribution < -0.4 is 15.5 Å². The minimum absolute atomic E-state index is 0.0236. The van der Waals surface area contributed by atoms with Gasteiger partial charge in [0.25, 0.3) is 5.91 Å². The SMILES string of the molecule is CC1CCCCC12NC(=O)N(CC(=O)Nc1cc(C(F)(F)F)ccc1N1CCOCC1)C2=O. The average molecular weight is 468 g/mol. The van der Waals surface area contributed by atoms with Crippen LogP contribution in [-0.2, 0) is 20.5 Å². The molecule has 1 aliphatic carbocycles. The number of imide groups is 1. The molecule has 4 amide bonds. The molecule has 2 saturated heterocycles. The summed E-state index contributed by atoms with van der Waals surface area (Å²) in [6.45, 7) is 3.08. The van der Waals surface area contributed by atoms with Gasteiger partial charge in [-0.1, -0.05) is 19.8 Å². The lowest BCUT2D eigenvalue weighted by molar-refractivity contribution is -0.137. The Balaban J connectivity index is 1.54. The Labute approximate surface area is 189 Å². The van der Waals surface area contributed by atoms with E-state index in [1.807, 2.05) is 11.8 Å². The van der Waals surface area contributed by atoms with Crippen molar-refractivity contribution in [1.29, 1.82) is 0 Å². The van der Waals surface area contributed by atoms with Crippen LogP contribution in [-0.4, -0.2) is 61.1 Å². The van der Waals surface area contributed by atoms with Crippen molar-refractivity contribution in [3.63, 3.8) is 0 Å². The predicted molar refractivity (Wildman–Crippen MR) is 114 cm³/mol. The minimum atomic E-state index is -4.59.